The van der Waals surface area contributed by atoms with Gasteiger partial charge in [0.1, 0.15) is 0 Å². The zero-order valence-electron chi connectivity index (χ0n) is 27.0. The lowest BCUT2D eigenvalue weighted by Gasteiger charge is -2.61. The highest BCUT2D eigenvalue weighted by molar-refractivity contribution is 7.26. The molecule has 1 nitrogen and oxygen atoms in total. The third-order valence-corrected chi connectivity index (χ3v) is 13.8. The van der Waals surface area contributed by atoms with Gasteiger partial charge in [0.2, 0.25) is 0 Å². The molecule has 1 spiro atoms. The summed E-state index contributed by atoms with van der Waals surface area (Å²) in [5.74, 6) is 3.33. The fourth-order valence-electron chi connectivity index (χ4n) is 11.2. The maximum absolute atomic E-state index is 2.65. The molecular formula is C46H37NS. The molecule has 0 saturated heterocycles. The first kappa shape index (κ1) is 27.3. The van der Waals surface area contributed by atoms with E-state index >= 15 is 0 Å². The molecule has 2 heteroatoms. The Bertz CT molecular complexity index is 2350. The lowest BCUT2D eigenvalue weighted by Crippen LogP contribution is -2.55. The van der Waals surface area contributed by atoms with Crippen LogP contribution in [0.15, 0.2) is 140 Å². The summed E-state index contributed by atoms with van der Waals surface area (Å²) < 4.78 is 2.68. The van der Waals surface area contributed by atoms with Gasteiger partial charge in [0, 0.05) is 36.8 Å². The maximum Gasteiger partial charge on any atom is 0.0555 e. The molecule has 6 aromatic carbocycles. The second-order valence-corrected chi connectivity index (χ2v) is 16.0. The number of fused-ring (bicyclic) bond motifs is 6. The van der Waals surface area contributed by atoms with Crippen LogP contribution in [0.5, 0.6) is 0 Å². The molecule has 4 bridgehead atoms. The maximum atomic E-state index is 2.65. The van der Waals surface area contributed by atoms with Crippen molar-refractivity contribution in [2.75, 3.05) is 4.90 Å². The van der Waals surface area contributed by atoms with Gasteiger partial charge in [-0.05, 0) is 120 Å². The third-order valence-electron chi connectivity index (χ3n) is 12.6. The predicted octanol–water partition coefficient (Wildman–Crippen LogP) is 12.9. The van der Waals surface area contributed by atoms with Crippen molar-refractivity contribution in [2.24, 2.45) is 23.7 Å². The molecule has 0 aliphatic heterocycles. The number of anilines is 3. The van der Waals surface area contributed by atoms with Gasteiger partial charge in [-0.25, -0.2) is 0 Å². The van der Waals surface area contributed by atoms with E-state index in [-0.39, 0.29) is 5.41 Å². The molecule has 48 heavy (non-hydrogen) atoms. The second kappa shape index (κ2) is 10.2. The fourth-order valence-corrected chi connectivity index (χ4v) is 12.3. The number of benzene rings is 6. The van der Waals surface area contributed by atoms with Crippen molar-refractivity contribution in [3.63, 3.8) is 0 Å². The van der Waals surface area contributed by atoms with Gasteiger partial charge >= 0.3 is 0 Å². The van der Waals surface area contributed by atoms with Crippen molar-refractivity contribution < 1.29 is 0 Å². The zero-order valence-corrected chi connectivity index (χ0v) is 27.8. The molecule has 1 aromatic heterocycles. The normalized spacial score (nSPS) is 24.8. The summed E-state index contributed by atoms with van der Waals surface area (Å²) >= 11 is 1.90. The van der Waals surface area contributed by atoms with Gasteiger partial charge in [-0.2, -0.15) is 0 Å². The molecule has 4 fully saturated rings. The Kier molecular flexibility index (Phi) is 5.79. The van der Waals surface area contributed by atoms with Crippen molar-refractivity contribution in [1.29, 1.82) is 0 Å². The number of hydrogen-bond donors (Lipinski definition) is 0. The Morgan fingerprint density at radius 1 is 0.500 bits per heavy atom. The van der Waals surface area contributed by atoms with E-state index in [1.165, 1.54) is 91.6 Å². The van der Waals surface area contributed by atoms with Crippen molar-refractivity contribution >= 4 is 48.6 Å². The van der Waals surface area contributed by atoms with E-state index in [1.54, 1.807) is 11.1 Å². The van der Waals surface area contributed by atoms with Gasteiger partial charge in [-0.1, -0.05) is 103 Å². The number of nitrogens with zero attached hydrogens (tertiary/aromatic N) is 1. The first-order valence-electron chi connectivity index (χ1n) is 17.9. The minimum Gasteiger partial charge on any atom is -0.309 e. The molecule has 5 aliphatic rings. The van der Waals surface area contributed by atoms with E-state index in [0.717, 1.165) is 23.7 Å². The summed E-state index contributed by atoms with van der Waals surface area (Å²) in [4.78, 5) is 2.59. The summed E-state index contributed by atoms with van der Waals surface area (Å²) in [7, 11) is 0. The number of rotatable bonds is 4. The van der Waals surface area contributed by atoms with Crippen LogP contribution in [0.2, 0.25) is 0 Å². The highest BCUT2D eigenvalue weighted by Gasteiger charge is 2.61. The summed E-state index contributed by atoms with van der Waals surface area (Å²) in [5.41, 5.74) is 12.5. The molecule has 0 atom stereocenters. The SMILES string of the molecule is c1ccc(-c2ccccc2N(c2ccc3c(c2)C2(c4ccccc4-3)C3CC4CC(C3)CC2C4)c2cccc3sc4ccccc4c23)cc1. The van der Waals surface area contributed by atoms with Crippen molar-refractivity contribution in [3.05, 3.63) is 151 Å². The lowest BCUT2D eigenvalue weighted by molar-refractivity contribution is -0.0399. The largest absolute Gasteiger partial charge is 0.309 e. The smallest absolute Gasteiger partial charge is 0.0555 e. The van der Waals surface area contributed by atoms with E-state index < -0.39 is 0 Å². The average Bonchev–Trinajstić information content (AvgIpc) is 3.65. The van der Waals surface area contributed by atoms with Crippen LogP contribution in [0.4, 0.5) is 17.1 Å². The Hall–Kier alpha value is -4.66. The number of hydrogen-bond acceptors (Lipinski definition) is 2. The van der Waals surface area contributed by atoms with Crippen LogP contribution in [-0.2, 0) is 5.41 Å². The molecule has 5 aliphatic carbocycles. The van der Waals surface area contributed by atoms with E-state index in [2.05, 4.69) is 144 Å². The molecule has 12 rings (SSSR count). The standard InChI is InChI=1S/C46H37NS/c1-2-11-31(12-3-1)35-13-5-8-17-41(35)47(42-18-10-20-44-45(42)38-15-6-9-19-43(38)48-44)34-21-22-37-36-14-4-7-16-39(36)46(40(37)28-34)32-24-29-23-30(26-32)27-33(46)25-29/h1-22,28-30,32-33H,23-27H2. The molecule has 0 unspecified atom stereocenters. The van der Waals surface area contributed by atoms with Crippen LogP contribution in [-0.4, -0.2) is 0 Å². The first-order valence-corrected chi connectivity index (χ1v) is 18.7. The van der Waals surface area contributed by atoms with Crippen molar-refractivity contribution in [3.8, 4) is 22.3 Å². The summed E-state index contributed by atoms with van der Waals surface area (Å²) in [5, 5.41) is 2.68. The topological polar surface area (TPSA) is 3.24 Å². The van der Waals surface area contributed by atoms with Crippen LogP contribution in [0.3, 0.4) is 0 Å². The predicted molar refractivity (Wildman–Crippen MR) is 203 cm³/mol. The Labute approximate surface area is 286 Å². The van der Waals surface area contributed by atoms with Gasteiger partial charge in [-0.15, -0.1) is 11.3 Å². The lowest BCUT2D eigenvalue weighted by atomic mass is 9.43. The van der Waals surface area contributed by atoms with Gasteiger partial charge in [0.15, 0.2) is 0 Å². The first-order chi connectivity index (χ1) is 23.8. The monoisotopic (exact) mass is 635 g/mol. The van der Waals surface area contributed by atoms with Crippen LogP contribution < -0.4 is 4.90 Å². The van der Waals surface area contributed by atoms with Crippen LogP contribution in [0.25, 0.3) is 42.4 Å². The minimum atomic E-state index is 0.126. The summed E-state index contributed by atoms with van der Waals surface area (Å²) in [6.07, 6.45) is 7.05. The third kappa shape index (κ3) is 3.67. The zero-order chi connectivity index (χ0) is 31.4. The Morgan fingerprint density at radius 2 is 1.15 bits per heavy atom. The van der Waals surface area contributed by atoms with Crippen LogP contribution in [0.1, 0.15) is 43.2 Å². The van der Waals surface area contributed by atoms with Crippen LogP contribution in [0, 0.1) is 23.7 Å². The summed E-state index contributed by atoms with van der Waals surface area (Å²) in [6, 6.07) is 52.8. The number of thiophene rings is 1. The molecule has 0 N–H and O–H groups in total. The molecule has 4 saturated carbocycles. The summed E-state index contributed by atoms with van der Waals surface area (Å²) in [6.45, 7) is 0. The fraction of sp³-hybridized carbons (Fsp3) is 0.217. The van der Waals surface area contributed by atoms with Crippen LogP contribution >= 0.6 is 11.3 Å². The van der Waals surface area contributed by atoms with E-state index in [4.69, 9.17) is 0 Å². The van der Waals surface area contributed by atoms with E-state index in [1.807, 2.05) is 11.3 Å². The van der Waals surface area contributed by atoms with E-state index in [9.17, 15) is 0 Å². The van der Waals surface area contributed by atoms with Gasteiger partial charge in [0.25, 0.3) is 0 Å². The highest BCUT2D eigenvalue weighted by atomic mass is 32.1. The van der Waals surface area contributed by atoms with Gasteiger partial charge in [-0.3, -0.25) is 0 Å². The Morgan fingerprint density at radius 3 is 1.98 bits per heavy atom. The second-order valence-electron chi connectivity index (χ2n) is 14.9. The molecule has 1 heterocycles. The molecule has 232 valence electrons. The average molecular weight is 636 g/mol. The van der Waals surface area contributed by atoms with E-state index in [0.29, 0.717) is 0 Å². The highest BCUT2D eigenvalue weighted by Crippen LogP contribution is 2.69. The molecule has 0 radical (unpaired) electrons. The van der Waals surface area contributed by atoms with Gasteiger partial charge < -0.3 is 4.90 Å². The minimum absolute atomic E-state index is 0.126. The molecular weight excluding hydrogens is 599 g/mol. The quantitative estimate of drug-likeness (QED) is 0.186. The molecule has 0 amide bonds. The van der Waals surface area contributed by atoms with Crippen molar-refractivity contribution in [2.45, 2.75) is 37.5 Å². The van der Waals surface area contributed by atoms with Gasteiger partial charge in [0.05, 0.1) is 11.4 Å². The Balaban J connectivity index is 1.20. The van der Waals surface area contributed by atoms with Crippen molar-refractivity contribution in [1.82, 2.24) is 0 Å². The number of para-hydroxylation sites is 1. The molecule has 7 aromatic rings.